The van der Waals surface area contributed by atoms with E-state index in [2.05, 4.69) is 40.3 Å². The number of nitrogens with two attached hydrogens (primary N) is 1. The van der Waals surface area contributed by atoms with E-state index in [0.29, 0.717) is 12.0 Å². The van der Waals surface area contributed by atoms with E-state index in [9.17, 15) is 33.4 Å². The summed E-state index contributed by atoms with van der Waals surface area (Å²) in [6.07, 6.45) is -6.04. The maximum absolute atomic E-state index is 11.6. The predicted molar refractivity (Wildman–Crippen MR) is 125 cm³/mol. The minimum absolute atomic E-state index is 0.0126. The van der Waals surface area contributed by atoms with Crippen molar-refractivity contribution in [2.75, 3.05) is 35.6 Å². The van der Waals surface area contributed by atoms with Crippen LogP contribution in [0.25, 0.3) is 0 Å². The third-order valence-corrected chi connectivity index (χ3v) is 6.42. The molecule has 37 heavy (non-hydrogen) atoms. The van der Waals surface area contributed by atoms with E-state index in [0.717, 1.165) is 12.1 Å². The second kappa shape index (κ2) is 12.9. The summed E-state index contributed by atoms with van der Waals surface area (Å²) in [4.78, 5) is 12.0. The van der Waals surface area contributed by atoms with Crippen molar-refractivity contribution in [3.8, 4) is 0 Å². The van der Waals surface area contributed by atoms with Crippen LogP contribution in [0, 0.1) is 0 Å². The Morgan fingerprint density at radius 3 is 2.46 bits per heavy atom. The van der Waals surface area contributed by atoms with Crippen molar-refractivity contribution in [2.45, 2.75) is 40.4 Å². The number of aliphatic hydroxyl groups excluding tert-OH is 4. The van der Waals surface area contributed by atoms with Gasteiger partial charge in [0.2, 0.25) is 17.8 Å². The molecule has 0 amide bonds. The summed E-state index contributed by atoms with van der Waals surface area (Å²) in [5.74, 6) is -0.464. The molecular weight excluding hydrogens is 542 g/mol. The normalized spacial score (nSPS) is 24.0. The van der Waals surface area contributed by atoms with Gasteiger partial charge in [0.05, 0.1) is 34.1 Å². The molecule has 20 heteroatoms. The maximum Gasteiger partial charge on any atom is 0.294 e. The van der Waals surface area contributed by atoms with Crippen molar-refractivity contribution in [1.29, 1.82) is 0 Å². The summed E-state index contributed by atoms with van der Waals surface area (Å²) < 4.78 is 42.1. The lowest BCUT2D eigenvalue weighted by Crippen LogP contribution is -2.61. The minimum Gasteiger partial charge on any atom is -0.394 e. The lowest BCUT2D eigenvalue weighted by Gasteiger charge is -2.40. The molecule has 1 aliphatic rings. The van der Waals surface area contributed by atoms with Crippen LogP contribution >= 0.6 is 12.0 Å². The summed E-state index contributed by atoms with van der Waals surface area (Å²) >= 11 is 0.478. The number of rotatable bonds is 12. The molecule has 1 aliphatic heterocycles. The van der Waals surface area contributed by atoms with Crippen molar-refractivity contribution in [3.05, 3.63) is 18.2 Å². The molecule has 0 saturated carbocycles. The fourth-order valence-corrected chi connectivity index (χ4v) is 4.11. The van der Waals surface area contributed by atoms with Crippen molar-refractivity contribution in [3.63, 3.8) is 0 Å². The second-order valence-corrected chi connectivity index (χ2v) is 9.57. The van der Waals surface area contributed by atoms with Crippen LogP contribution in [-0.4, -0.2) is 104 Å². The summed E-state index contributed by atoms with van der Waals surface area (Å²) in [7, 11) is -4.60. The first-order valence-corrected chi connectivity index (χ1v) is 12.6. The first-order chi connectivity index (χ1) is 17.6. The third kappa shape index (κ3) is 7.53. The molecule has 1 aromatic heterocycles. The molecule has 11 N–H and O–H groups in total. The van der Waals surface area contributed by atoms with E-state index >= 15 is 0 Å². The second-order valence-electron chi connectivity index (χ2n) is 7.40. The SMILES string of the molecule is NCCNc1nc(Nc2cc(S(=O)(=O)O)ccc2SOOO)nc(NC2C(O)OC(CO)C(O)C2O)n1. The van der Waals surface area contributed by atoms with E-state index in [1.54, 1.807) is 0 Å². The molecule has 1 fully saturated rings. The van der Waals surface area contributed by atoms with Crippen molar-refractivity contribution in [2.24, 2.45) is 5.73 Å². The molecule has 1 saturated heterocycles. The van der Waals surface area contributed by atoms with Crippen LogP contribution < -0.4 is 21.7 Å². The van der Waals surface area contributed by atoms with Crippen molar-refractivity contribution >= 4 is 45.7 Å². The lowest BCUT2D eigenvalue weighted by molar-refractivity contribution is -0.432. The van der Waals surface area contributed by atoms with Crippen LogP contribution in [0.1, 0.15) is 0 Å². The standard InChI is InChI=1S/C17H25N7O11S2/c18-3-4-19-15-22-16(20-8-5-7(37(30,31)32)1-2-10(8)36-35-34-29)24-17(23-15)21-11-13(27)12(26)9(6-25)33-14(11)28/h1-2,5,9,11-14,25-29H,3-4,6,18H2,(H,30,31,32)(H3,19,20,21,22,23,24). The quantitative estimate of drug-likeness (QED) is 0.0567. The Bertz CT molecular complexity index is 1160. The van der Waals surface area contributed by atoms with Gasteiger partial charge in [-0.15, -0.1) is 4.33 Å². The van der Waals surface area contributed by atoms with E-state index in [4.69, 9.17) is 15.7 Å². The summed E-state index contributed by atoms with van der Waals surface area (Å²) in [6.45, 7) is -0.211. The average Bonchev–Trinajstić information content (AvgIpc) is 2.86. The van der Waals surface area contributed by atoms with Crippen LogP contribution in [0.2, 0.25) is 0 Å². The fourth-order valence-electron chi connectivity index (χ4n) is 3.17. The molecule has 0 bridgehead atoms. The van der Waals surface area contributed by atoms with Gasteiger partial charge in [0.25, 0.3) is 10.1 Å². The molecule has 3 rings (SSSR count). The van der Waals surface area contributed by atoms with Gasteiger partial charge in [-0.3, -0.25) is 4.55 Å². The Labute approximate surface area is 213 Å². The zero-order valence-electron chi connectivity index (χ0n) is 18.7. The van der Waals surface area contributed by atoms with Crippen molar-refractivity contribution < 1.29 is 52.8 Å². The minimum atomic E-state index is -4.60. The average molecular weight is 568 g/mol. The molecule has 5 atom stereocenters. The Balaban J connectivity index is 1.95. The summed E-state index contributed by atoms with van der Waals surface area (Å²) in [6, 6.07) is 1.98. The van der Waals surface area contributed by atoms with E-state index in [1.165, 1.54) is 6.07 Å². The Hall–Kier alpha value is -2.47. The zero-order valence-corrected chi connectivity index (χ0v) is 20.3. The molecule has 206 valence electrons. The van der Waals surface area contributed by atoms with Gasteiger partial charge in [0.15, 0.2) is 6.29 Å². The molecule has 18 nitrogen and oxygen atoms in total. The molecule has 0 aliphatic carbocycles. The van der Waals surface area contributed by atoms with Gasteiger partial charge in [-0.05, 0) is 18.2 Å². The number of benzene rings is 1. The number of nitrogens with one attached hydrogen (secondary N) is 3. The number of ether oxygens (including phenoxy) is 1. The number of aliphatic hydroxyl groups is 4. The molecule has 0 spiro atoms. The van der Waals surface area contributed by atoms with Gasteiger partial charge in [-0.2, -0.15) is 23.4 Å². The summed E-state index contributed by atoms with van der Waals surface area (Å²) in [5.41, 5.74) is 5.49. The monoisotopic (exact) mass is 567 g/mol. The zero-order chi connectivity index (χ0) is 27.2. The largest absolute Gasteiger partial charge is 0.394 e. The number of hydrogen-bond donors (Lipinski definition) is 10. The predicted octanol–water partition coefficient (Wildman–Crippen LogP) is -2.13. The third-order valence-electron chi connectivity index (χ3n) is 4.91. The Kier molecular flexibility index (Phi) is 10.1. The Morgan fingerprint density at radius 2 is 1.81 bits per heavy atom. The smallest absolute Gasteiger partial charge is 0.294 e. The molecule has 2 aromatic rings. The van der Waals surface area contributed by atoms with Crippen LogP contribution in [0.5, 0.6) is 0 Å². The topological polar surface area (TPSA) is 284 Å². The summed E-state index contributed by atoms with van der Waals surface area (Å²) in [5, 5.41) is 60.2. The number of hydrogen-bond acceptors (Lipinski definition) is 18. The van der Waals surface area contributed by atoms with Gasteiger partial charge in [0, 0.05) is 13.1 Å². The highest BCUT2D eigenvalue weighted by Gasteiger charge is 2.44. The highest BCUT2D eigenvalue weighted by molar-refractivity contribution is 7.94. The Morgan fingerprint density at radius 1 is 1.11 bits per heavy atom. The highest BCUT2D eigenvalue weighted by atomic mass is 32.2. The molecular formula is C17H25N7O11S2. The van der Waals surface area contributed by atoms with Crippen LogP contribution in [-0.2, 0) is 24.2 Å². The van der Waals surface area contributed by atoms with Crippen LogP contribution in [0.3, 0.4) is 0 Å². The van der Waals surface area contributed by atoms with E-state index in [1.807, 2.05) is 0 Å². The molecule has 5 unspecified atom stereocenters. The van der Waals surface area contributed by atoms with Gasteiger partial charge >= 0.3 is 0 Å². The van der Waals surface area contributed by atoms with Gasteiger partial charge in [-0.1, -0.05) is 5.04 Å². The van der Waals surface area contributed by atoms with Gasteiger partial charge in [-0.25, -0.2) is 5.26 Å². The van der Waals surface area contributed by atoms with Crippen molar-refractivity contribution in [1.82, 2.24) is 15.0 Å². The molecule has 2 heterocycles. The first-order valence-electron chi connectivity index (χ1n) is 10.4. The van der Waals surface area contributed by atoms with Gasteiger partial charge < -0.3 is 46.8 Å². The first kappa shape index (κ1) is 29.1. The van der Waals surface area contributed by atoms with Crippen LogP contribution in [0.4, 0.5) is 23.5 Å². The lowest BCUT2D eigenvalue weighted by atomic mass is 9.97. The molecule has 0 radical (unpaired) electrons. The fraction of sp³-hybridized carbons (Fsp3) is 0.471. The van der Waals surface area contributed by atoms with Gasteiger partial charge in [0.1, 0.15) is 24.4 Å². The molecule has 1 aromatic carbocycles. The number of nitrogens with zero attached hydrogens (tertiary/aromatic N) is 3. The van der Waals surface area contributed by atoms with E-state index in [-0.39, 0.29) is 41.5 Å². The van der Waals surface area contributed by atoms with E-state index < -0.39 is 52.3 Å². The highest BCUT2D eigenvalue weighted by Crippen LogP contribution is 2.32. The maximum atomic E-state index is 11.6. The number of anilines is 4. The van der Waals surface area contributed by atoms with Crippen LogP contribution in [0.15, 0.2) is 28.0 Å². The number of aromatic nitrogens is 3.